The van der Waals surface area contributed by atoms with Crippen molar-refractivity contribution in [1.29, 1.82) is 5.26 Å². The first kappa shape index (κ1) is 19.1. The number of nitrogens with zero attached hydrogens (tertiary/aromatic N) is 3. The van der Waals surface area contributed by atoms with E-state index in [2.05, 4.69) is 51.2 Å². The maximum atomic E-state index is 12.8. The van der Waals surface area contributed by atoms with Crippen molar-refractivity contribution in [2.45, 2.75) is 23.0 Å². The number of benzene rings is 2. The lowest BCUT2D eigenvalue weighted by molar-refractivity contribution is 0.591. The third-order valence-corrected chi connectivity index (χ3v) is 7.09. The number of hydrogen-bond donors (Lipinski definition) is 0. The minimum atomic E-state index is -0.229. The molecule has 0 radical (unpaired) electrons. The SMILES string of the molecule is Cn1c(=O)c(C#N)c(N2CCC(Sc3ccccc3)CC2)c2cc(Br)ccc21. The van der Waals surface area contributed by atoms with Gasteiger partial charge in [0, 0.05) is 40.1 Å². The van der Waals surface area contributed by atoms with E-state index in [1.165, 1.54) is 4.90 Å². The number of fused-ring (bicyclic) bond motifs is 1. The van der Waals surface area contributed by atoms with Gasteiger partial charge in [0.15, 0.2) is 0 Å². The fourth-order valence-electron chi connectivity index (χ4n) is 3.82. The maximum Gasteiger partial charge on any atom is 0.270 e. The number of halogens is 1. The van der Waals surface area contributed by atoms with Gasteiger partial charge in [-0.05, 0) is 43.2 Å². The van der Waals surface area contributed by atoms with Gasteiger partial charge in [-0.1, -0.05) is 34.1 Å². The highest BCUT2D eigenvalue weighted by Crippen LogP contribution is 2.35. The number of pyridine rings is 1. The van der Waals surface area contributed by atoms with Crippen LogP contribution in [0.4, 0.5) is 5.69 Å². The average molecular weight is 454 g/mol. The number of hydrogen-bond acceptors (Lipinski definition) is 4. The lowest BCUT2D eigenvalue weighted by atomic mass is 10.0. The summed E-state index contributed by atoms with van der Waals surface area (Å²) in [5, 5.41) is 11.2. The van der Waals surface area contributed by atoms with Gasteiger partial charge in [0.25, 0.3) is 5.56 Å². The molecule has 142 valence electrons. The van der Waals surface area contributed by atoms with Crippen LogP contribution in [0.5, 0.6) is 0 Å². The van der Waals surface area contributed by atoms with Crippen molar-refractivity contribution in [3.63, 3.8) is 0 Å². The molecule has 4 nitrogen and oxygen atoms in total. The Labute approximate surface area is 176 Å². The van der Waals surface area contributed by atoms with E-state index in [1.54, 1.807) is 11.6 Å². The summed E-state index contributed by atoms with van der Waals surface area (Å²) in [6, 6.07) is 18.5. The van der Waals surface area contributed by atoms with Gasteiger partial charge in [-0.25, -0.2) is 0 Å². The molecule has 0 aliphatic carbocycles. The van der Waals surface area contributed by atoms with Crippen LogP contribution < -0.4 is 10.5 Å². The van der Waals surface area contributed by atoms with Crippen molar-refractivity contribution in [3.8, 4) is 6.07 Å². The molecule has 0 amide bonds. The second-order valence-electron chi connectivity index (χ2n) is 6.98. The summed E-state index contributed by atoms with van der Waals surface area (Å²) in [7, 11) is 1.73. The van der Waals surface area contributed by atoms with Gasteiger partial charge in [-0.3, -0.25) is 4.79 Å². The number of anilines is 1. The highest BCUT2D eigenvalue weighted by molar-refractivity contribution is 9.10. The van der Waals surface area contributed by atoms with E-state index in [0.29, 0.717) is 5.25 Å². The maximum absolute atomic E-state index is 12.8. The molecular weight excluding hydrogens is 434 g/mol. The van der Waals surface area contributed by atoms with Crippen LogP contribution in [-0.2, 0) is 7.05 Å². The topological polar surface area (TPSA) is 49.0 Å². The van der Waals surface area contributed by atoms with E-state index >= 15 is 0 Å². The molecule has 6 heteroatoms. The molecule has 1 saturated heterocycles. The summed E-state index contributed by atoms with van der Waals surface area (Å²) >= 11 is 5.45. The molecule has 3 aromatic rings. The van der Waals surface area contributed by atoms with Crippen LogP contribution in [0, 0.1) is 11.3 Å². The molecular formula is C22H20BrN3OS. The summed E-state index contributed by atoms with van der Waals surface area (Å²) in [5.74, 6) is 0. The largest absolute Gasteiger partial charge is 0.370 e. The zero-order valence-corrected chi connectivity index (χ0v) is 18.0. The van der Waals surface area contributed by atoms with Crippen LogP contribution >= 0.6 is 27.7 Å². The third-order valence-electron chi connectivity index (χ3n) is 5.25. The molecule has 0 unspecified atom stereocenters. The van der Waals surface area contributed by atoms with Crippen LogP contribution in [0.25, 0.3) is 10.9 Å². The molecule has 0 saturated carbocycles. The third kappa shape index (κ3) is 3.57. The molecule has 0 bridgehead atoms. The van der Waals surface area contributed by atoms with Crippen LogP contribution in [0.15, 0.2) is 62.7 Å². The molecule has 0 spiro atoms. The second kappa shape index (κ2) is 8.02. The Bertz CT molecular complexity index is 1110. The molecule has 4 rings (SSSR count). The van der Waals surface area contributed by atoms with Crippen LogP contribution in [0.1, 0.15) is 18.4 Å². The molecule has 2 aromatic carbocycles. The van der Waals surface area contributed by atoms with E-state index in [4.69, 9.17) is 0 Å². The van der Waals surface area contributed by atoms with E-state index < -0.39 is 0 Å². The van der Waals surface area contributed by atoms with Crippen LogP contribution in [-0.4, -0.2) is 22.9 Å². The van der Waals surface area contributed by atoms with Gasteiger partial charge >= 0.3 is 0 Å². The highest BCUT2D eigenvalue weighted by Gasteiger charge is 2.25. The first-order valence-electron chi connectivity index (χ1n) is 9.27. The van der Waals surface area contributed by atoms with Crippen molar-refractivity contribution in [1.82, 2.24) is 4.57 Å². The summed E-state index contributed by atoms with van der Waals surface area (Å²) in [5.41, 5.74) is 1.64. The summed E-state index contributed by atoms with van der Waals surface area (Å²) < 4.78 is 2.51. The van der Waals surface area contributed by atoms with Gasteiger partial charge in [0.05, 0.1) is 11.2 Å². The van der Waals surface area contributed by atoms with E-state index in [-0.39, 0.29) is 11.1 Å². The van der Waals surface area contributed by atoms with Gasteiger partial charge in [0.2, 0.25) is 0 Å². The minimum absolute atomic E-state index is 0.229. The first-order valence-corrected chi connectivity index (χ1v) is 10.9. The summed E-state index contributed by atoms with van der Waals surface area (Å²) in [6.07, 6.45) is 2.05. The molecule has 28 heavy (non-hydrogen) atoms. The monoisotopic (exact) mass is 453 g/mol. The predicted molar refractivity (Wildman–Crippen MR) is 119 cm³/mol. The van der Waals surface area contributed by atoms with E-state index in [1.807, 2.05) is 36.0 Å². The molecule has 1 aliphatic heterocycles. The normalized spacial score (nSPS) is 15.0. The van der Waals surface area contributed by atoms with Crippen LogP contribution in [0.3, 0.4) is 0 Å². The quantitative estimate of drug-likeness (QED) is 0.563. The molecule has 2 heterocycles. The standard InChI is InChI=1S/C22H20BrN3OS/c1-25-20-8-7-15(23)13-18(20)21(19(14-24)22(25)27)26-11-9-17(10-12-26)28-16-5-3-2-4-6-16/h2-8,13,17H,9-12H2,1H3. The smallest absolute Gasteiger partial charge is 0.270 e. The van der Waals surface area contributed by atoms with Crippen molar-refractivity contribution < 1.29 is 0 Å². The Morgan fingerprint density at radius 2 is 1.86 bits per heavy atom. The fourth-order valence-corrected chi connectivity index (χ4v) is 5.33. The zero-order chi connectivity index (χ0) is 19.7. The number of aryl methyl sites for hydroxylation is 1. The van der Waals surface area contributed by atoms with Crippen LogP contribution in [0.2, 0.25) is 0 Å². The Morgan fingerprint density at radius 3 is 2.54 bits per heavy atom. The van der Waals surface area contributed by atoms with Crippen molar-refractivity contribution >= 4 is 44.3 Å². The Hall–Kier alpha value is -2.23. The average Bonchev–Trinajstić information content (AvgIpc) is 2.72. The number of piperidine rings is 1. The van der Waals surface area contributed by atoms with Gasteiger partial charge in [0.1, 0.15) is 11.6 Å². The highest BCUT2D eigenvalue weighted by atomic mass is 79.9. The molecule has 0 N–H and O–H groups in total. The van der Waals surface area contributed by atoms with Crippen molar-refractivity contribution in [3.05, 3.63) is 68.9 Å². The number of thioether (sulfide) groups is 1. The summed E-state index contributed by atoms with van der Waals surface area (Å²) in [4.78, 5) is 16.3. The fraction of sp³-hybridized carbons (Fsp3) is 0.273. The minimum Gasteiger partial charge on any atom is -0.370 e. The number of nitriles is 1. The van der Waals surface area contributed by atoms with Crippen molar-refractivity contribution in [2.75, 3.05) is 18.0 Å². The molecule has 1 fully saturated rings. The molecule has 1 aromatic heterocycles. The number of rotatable bonds is 3. The molecule has 0 atom stereocenters. The lowest BCUT2D eigenvalue weighted by Crippen LogP contribution is -2.37. The number of aromatic nitrogens is 1. The van der Waals surface area contributed by atoms with Gasteiger partial charge in [-0.2, -0.15) is 5.26 Å². The Morgan fingerprint density at radius 1 is 1.14 bits per heavy atom. The Balaban J connectivity index is 1.67. The van der Waals surface area contributed by atoms with Gasteiger partial charge in [-0.15, -0.1) is 11.8 Å². The zero-order valence-electron chi connectivity index (χ0n) is 15.6. The first-order chi connectivity index (χ1) is 13.6. The van der Waals surface area contributed by atoms with Crippen molar-refractivity contribution in [2.24, 2.45) is 7.05 Å². The van der Waals surface area contributed by atoms with Gasteiger partial charge < -0.3 is 9.47 Å². The van der Waals surface area contributed by atoms with E-state index in [9.17, 15) is 10.1 Å². The van der Waals surface area contributed by atoms with E-state index in [0.717, 1.165) is 47.0 Å². The summed E-state index contributed by atoms with van der Waals surface area (Å²) in [6.45, 7) is 1.68. The lowest BCUT2D eigenvalue weighted by Gasteiger charge is -2.34. The Kier molecular flexibility index (Phi) is 5.47. The second-order valence-corrected chi connectivity index (χ2v) is 9.27. The predicted octanol–water partition coefficient (Wildman–Crippen LogP) is 4.93. The molecule has 1 aliphatic rings.